The second-order valence-electron chi connectivity index (χ2n) is 8.64. The molecule has 1 saturated heterocycles. The third-order valence-corrected chi connectivity index (χ3v) is 5.43. The van der Waals surface area contributed by atoms with Crippen molar-refractivity contribution in [1.82, 2.24) is 20.0 Å². The van der Waals surface area contributed by atoms with Gasteiger partial charge < -0.3 is 14.2 Å². The Morgan fingerprint density at radius 3 is 2.81 bits per heavy atom. The highest BCUT2D eigenvalue weighted by Gasteiger charge is 2.31. The zero-order valence-corrected chi connectivity index (χ0v) is 19.0. The van der Waals surface area contributed by atoms with Crippen LogP contribution in [0.4, 0.5) is 5.95 Å². The van der Waals surface area contributed by atoms with Crippen LogP contribution in [0.5, 0.6) is 5.75 Å². The quantitative estimate of drug-likeness (QED) is 0.551. The van der Waals surface area contributed by atoms with Crippen molar-refractivity contribution in [3.8, 4) is 17.1 Å². The molecule has 1 atom stereocenters. The number of hydrogen-bond donors (Lipinski definition) is 0. The molecule has 2 aromatic heterocycles. The second-order valence-corrected chi connectivity index (χ2v) is 8.64. The number of ether oxygens (including phenoxy) is 1. The zero-order chi connectivity index (χ0) is 22.0. The first kappa shape index (κ1) is 21.3. The first-order chi connectivity index (χ1) is 14.9. The Kier molecular flexibility index (Phi) is 6.23. The maximum absolute atomic E-state index is 5.89. The predicted molar refractivity (Wildman–Crippen MR) is 121 cm³/mol. The molecule has 164 valence electrons. The van der Waals surface area contributed by atoms with Gasteiger partial charge in [0.1, 0.15) is 5.75 Å². The van der Waals surface area contributed by atoms with Crippen molar-refractivity contribution in [3.63, 3.8) is 0 Å². The van der Waals surface area contributed by atoms with E-state index in [2.05, 4.69) is 33.2 Å². The van der Waals surface area contributed by atoms with Crippen LogP contribution in [0.15, 0.2) is 41.1 Å². The number of hydrogen-bond acceptors (Lipinski definition) is 7. The average molecular weight is 422 g/mol. The van der Waals surface area contributed by atoms with Crippen molar-refractivity contribution >= 4 is 5.95 Å². The number of likely N-dealkylation sites (tertiary alicyclic amines) is 1. The van der Waals surface area contributed by atoms with E-state index in [0.717, 1.165) is 54.4 Å². The van der Waals surface area contributed by atoms with Crippen molar-refractivity contribution in [2.45, 2.75) is 52.3 Å². The number of rotatable bonds is 7. The average Bonchev–Trinajstić information content (AvgIpc) is 3.36. The largest absolute Gasteiger partial charge is 0.491 e. The predicted octanol–water partition coefficient (Wildman–Crippen LogP) is 4.63. The molecule has 1 fully saturated rings. The van der Waals surface area contributed by atoms with Gasteiger partial charge in [-0.3, -0.25) is 4.90 Å². The molecule has 0 saturated carbocycles. The third-order valence-electron chi connectivity index (χ3n) is 5.43. The van der Waals surface area contributed by atoms with Crippen LogP contribution < -0.4 is 9.64 Å². The Hall–Kier alpha value is -2.93. The van der Waals surface area contributed by atoms with Gasteiger partial charge in [-0.15, -0.1) is 0 Å². The molecule has 7 heteroatoms. The molecule has 7 nitrogen and oxygen atoms in total. The monoisotopic (exact) mass is 421 g/mol. The number of nitrogens with zero attached hydrogens (tertiary/aromatic N) is 5. The summed E-state index contributed by atoms with van der Waals surface area (Å²) in [6, 6.07) is 10.5. The fourth-order valence-electron chi connectivity index (χ4n) is 4.08. The van der Waals surface area contributed by atoms with Gasteiger partial charge in [0.25, 0.3) is 0 Å². The number of aromatic nitrogens is 3. The van der Waals surface area contributed by atoms with Crippen LogP contribution in [0.1, 0.15) is 49.7 Å². The molecule has 0 radical (unpaired) electrons. The van der Waals surface area contributed by atoms with Crippen molar-refractivity contribution in [3.05, 3.63) is 53.5 Å². The fourth-order valence-corrected chi connectivity index (χ4v) is 4.08. The molecular weight excluding hydrogens is 390 g/mol. The minimum atomic E-state index is 0.160. The lowest BCUT2D eigenvalue weighted by molar-refractivity contribution is 0.236. The summed E-state index contributed by atoms with van der Waals surface area (Å²) in [5.41, 5.74) is 4.01. The normalized spacial score (nSPS) is 16.8. The van der Waals surface area contributed by atoms with Crippen molar-refractivity contribution in [2.24, 2.45) is 0 Å². The van der Waals surface area contributed by atoms with Gasteiger partial charge in [0.05, 0.1) is 29.1 Å². The molecule has 1 aliphatic heterocycles. The van der Waals surface area contributed by atoms with Gasteiger partial charge in [-0.05, 0) is 57.9 Å². The third kappa shape index (κ3) is 4.88. The number of anilines is 1. The molecule has 3 heterocycles. The first-order valence-corrected chi connectivity index (χ1v) is 10.9. The molecule has 0 spiro atoms. The lowest BCUT2D eigenvalue weighted by atomic mass is 10.0. The van der Waals surface area contributed by atoms with E-state index in [4.69, 9.17) is 14.2 Å². The van der Waals surface area contributed by atoms with E-state index in [1.807, 2.05) is 58.1 Å². The van der Waals surface area contributed by atoms with Crippen LogP contribution in [-0.2, 0) is 6.54 Å². The Bertz CT molecular complexity index is 1030. The Labute approximate surface area is 184 Å². The van der Waals surface area contributed by atoms with E-state index in [9.17, 15) is 0 Å². The van der Waals surface area contributed by atoms with Gasteiger partial charge in [-0.1, -0.05) is 17.3 Å². The van der Waals surface area contributed by atoms with Gasteiger partial charge in [0, 0.05) is 32.9 Å². The molecule has 31 heavy (non-hydrogen) atoms. The summed E-state index contributed by atoms with van der Waals surface area (Å²) in [4.78, 5) is 13.9. The summed E-state index contributed by atoms with van der Waals surface area (Å²) >= 11 is 0. The SMILES string of the molecule is Cc1cc(-c2cnc(N(C)C)nc2C2CCCN2Cc2cccc(OC(C)C)c2)on1. The van der Waals surface area contributed by atoms with E-state index < -0.39 is 0 Å². The van der Waals surface area contributed by atoms with Crippen LogP contribution in [-0.4, -0.2) is 46.8 Å². The van der Waals surface area contributed by atoms with E-state index in [1.165, 1.54) is 5.56 Å². The lowest BCUT2D eigenvalue weighted by Gasteiger charge is -2.26. The summed E-state index contributed by atoms with van der Waals surface area (Å²) < 4.78 is 11.5. The highest BCUT2D eigenvalue weighted by Crippen LogP contribution is 2.38. The minimum absolute atomic E-state index is 0.160. The van der Waals surface area contributed by atoms with Crippen LogP contribution in [0, 0.1) is 6.92 Å². The summed E-state index contributed by atoms with van der Waals surface area (Å²) in [5.74, 6) is 2.34. The molecule has 0 N–H and O–H groups in total. The van der Waals surface area contributed by atoms with Crippen LogP contribution >= 0.6 is 0 Å². The van der Waals surface area contributed by atoms with Crippen LogP contribution in [0.3, 0.4) is 0 Å². The van der Waals surface area contributed by atoms with Crippen LogP contribution in [0.2, 0.25) is 0 Å². The number of benzene rings is 1. The van der Waals surface area contributed by atoms with Gasteiger partial charge in [-0.2, -0.15) is 0 Å². The minimum Gasteiger partial charge on any atom is -0.491 e. The van der Waals surface area contributed by atoms with E-state index in [-0.39, 0.29) is 12.1 Å². The summed E-state index contributed by atoms with van der Waals surface area (Å²) in [5, 5.41) is 4.07. The van der Waals surface area contributed by atoms with Crippen LogP contribution in [0.25, 0.3) is 11.3 Å². The van der Waals surface area contributed by atoms with E-state index >= 15 is 0 Å². The van der Waals surface area contributed by atoms with Gasteiger partial charge in [0.2, 0.25) is 5.95 Å². The highest BCUT2D eigenvalue weighted by molar-refractivity contribution is 5.61. The fraction of sp³-hybridized carbons (Fsp3) is 0.458. The topological polar surface area (TPSA) is 67.5 Å². The highest BCUT2D eigenvalue weighted by atomic mass is 16.5. The standard InChI is InChI=1S/C24H31N5O2/c1-16(2)30-19-9-6-8-18(13-19)15-29-11-7-10-21(29)23-20(22-12-17(3)27-31-22)14-25-24(26-23)28(4)5/h6,8-9,12-14,16,21H,7,10-11,15H2,1-5H3. The molecule has 0 aliphatic carbocycles. The maximum atomic E-state index is 5.89. The Balaban J connectivity index is 1.65. The Morgan fingerprint density at radius 1 is 1.26 bits per heavy atom. The first-order valence-electron chi connectivity index (χ1n) is 10.9. The summed E-state index contributed by atoms with van der Waals surface area (Å²) in [6.45, 7) is 7.89. The molecule has 1 aromatic carbocycles. The van der Waals surface area contributed by atoms with Crippen molar-refractivity contribution < 1.29 is 9.26 Å². The Morgan fingerprint density at radius 2 is 2.10 bits per heavy atom. The lowest BCUT2D eigenvalue weighted by Crippen LogP contribution is -2.25. The smallest absolute Gasteiger partial charge is 0.225 e. The molecular formula is C24H31N5O2. The van der Waals surface area contributed by atoms with Gasteiger partial charge >= 0.3 is 0 Å². The summed E-state index contributed by atoms with van der Waals surface area (Å²) in [7, 11) is 3.92. The van der Waals surface area contributed by atoms with Gasteiger partial charge in [-0.25, -0.2) is 9.97 Å². The van der Waals surface area contributed by atoms with E-state index in [1.54, 1.807) is 0 Å². The molecule has 1 aliphatic rings. The summed E-state index contributed by atoms with van der Waals surface area (Å²) in [6.07, 6.45) is 4.20. The number of aryl methyl sites for hydroxylation is 1. The van der Waals surface area contributed by atoms with Crippen molar-refractivity contribution in [2.75, 3.05) is 25.5 Å². The second kappa shape index (κ2) is 9.06. The maximum Gasteiger partial charge on any atom is 0.225 e. The zero-order valence-electron chi connectivity index (χ0n) is 19.0. The van der Waals surface area contributed by atoms with E-state index in [0.29, 0.717) is 5.95 Å². The van der Waals surface area contributed by atoms with Crippen molar-refractivity contribution in [1.29, 1.82) is 0 Å². The molecule has 4 rings (SSSR count). The molecule has 3 aromatic rings. The molecule has 0 bridgehead atoms. The molecule has 1 unspecified atom stereocenters. The van der Waals surface area contributed by atoms with Gasteiger partial charge in [0.15, 0.2) is 5.76 Å². The molecule has 0 amide bonds.